The van der Waals surface area contributed by atoms with Crippen molar-refractivity contribution in [2.24, 2.45) is 0 Å². The average molecular weight is 403 g/mol. The third-order valence-corrected chi connectivity index (χ3v) is 4.50. The first-order valence-corrected chi connectivity index (χ1v) is 9.09. The molecule has 1 aromatic carbocycles. The Labute approximate surface area is 168 Å². The second-order valence-corrected chi connectivity index (χ2v) is 6.73. The number of carbonyl (C=O) groups excluding carboxylic acids is 2. The molecule has 1 fully saturated rings. The molecular weight excluding hydrogens is 378 g/mol. The van der Waals surface area contributed by atoms with Gasteiger partial charge in [0, 0.05) is 24.1 Å². The smallest absolute Gasteiger partial charge is 0.257 e. The zero-order valence-corrected chi connectivity index (χ0v) is 17.0. The summed E-state index contributed by atoms with van der Waals surface area (Å²) in [6, 6.07) is 4.83. The Bertz CT molecular complexity index is 901. The summed E-state index contributed by atoms with van der Waals surface area (Å²) in [5, 5.41) is 13.3. The minimum atomic E-state index is -0.560. The van der Waals surface area contributed by atoms with E-state index in [0.29, 0.717) is 40.7 Å². The van der Waals surface area contributed by atoms with Gasteiger partial charge in [0.05, 0.1) is 27.0 Å². The van der Waals surface area contributed by atoms with Crippen molar-refractivity contribution in [3.63, 3.8) is 0 Å². The van der Waals surface area contributed by atoms with Crippen molar-refractivity contribution in [1.29, 1.82) is 0 Å². The maximum atomic E-state index is 12.9. The molecule has 2 atom stereocenters. The van der Waals surface area contributed by atoms with Crippen LogP contribution >= 0.6 is 0 Å². The molecule has 0 aliphatic carbocycles. The Morgan fingerprint density at radius 1 is 1.17 bits per heavy atom. The summed E-state index contributed by atoms with van der Waals surface area (Å²) in [5.74, 6) is 1.11. The van der Waals surface area contributed by atoms with Crippen LogP contribution in [-0.2, 0) is 4.79 Å². The van der Waals surface area contributed by atoms with Gasteiger partial charge in [0.15, 0.2) is 17.8 Å². The molecule has 2 aromatic rings. The minimum absolute atomic E-state index is 0.0167. The monoisotopic (exact) mass is 403 g/mol. The van der Waals surface area contributed by atoms with Crippen molar-refractivity contribution in [2.75, 3.05) is 26.6 Å². The Morgan fingerprint density at radius 3 is 2.38 bits per heavy atom. The van der Waals surface area contributed by atoms with E-state index in [0.717, 1.165) is 0 Å². The lowest BCUT2D eigenvalue weighted by Gasteiger charge is -2.30. The number of benzene rings is 1. The first kappa shape index (κ1) is 20.5. The minimum Gasteiger partial charge on any atom is -0.493 e. The van der Waals surface area contributed by atoms with Crippen molar-refractivity contribution < 1.29 is 23.8 Å². The van der Waals surface area contributed by atoms with Crippen LogP contribution in [0.5, 0.6) is 17.2 Å². The number of amides is 2. The fraction of sp³-hybridized carbons (Fsp3) is 0.421. The second kappa shape index (κ2) is 8.39. The van der Waals surface area contributed by atoms with Gasteiger partial charge in [-0.2, -0.15) is 5.10 Å². The number of rotatable bonds is 6. The van der Waals surface area contributed by atoms with Crippen molar-refractivity contribution in [3.05, 3.63) is 29.5 Å². The average Bonchev–Trinajstić information content (AvgIpc) is 3.05. The van der Waals surface area contributed by atoms with E-state index in [2.05, 4.69) is 21.0 Å². The lowest BCUT2D eigenvalue weighted by atomic mass is 10.1. The normalized spacial score (nSPS) is 18.7. The molecule has 10 heteroatoms. The molecule has 2 unspecified atom stereocenters. The molecule has 0 bridgehead atoms. The largest absolute Gasteiger partial charge is 0.493 e. The molecule has 1 aliphatic rings. The van der Waals surface area contributed by atoms with Crippen LogP contribution < -0.4 is 30.2 Å². The Kier molecular flexibility index (Phi) is 5.92. The number of nitrogens with zero attached hydrogens (tertiary/aromatic N) is 2. The standard InChI is InChI=1S/C19H25N5O5/c1-10-7-16(25)22-19(20-10)24-15(6-11(2)23-24)21-18(26)12-8-13(27-3)17(29-5)14(9-12)28-4/h6,8-10,19-20H,7H2,1-5H3,(H,21,26)(H,22,25). The summed E-state index contributed by atoms with van der Waals surface area (Å²) in [6.07, 6.45) is -0.181. The van der Waals surface area contributed by atoms with Gasteiger partial charge in [0.2, 0.25) is 11.7 Å². The van der Waals surface area contributed by atoms with Gasteiger partial charge in [-0.15, -0.1) is 0 Å². The molecule has 10 nitrogen and oxygen atoms in total. The first-order valence-electron chi connectivity index (χ1n) is 9.09. The molecule has 2 amide bonds. The van der Waals surface area contributed by atoms with E-state index in [1.165, 1.54) is 21.3 Å². The van der Waals surface area contributed by atoms with E-state index < -0.39 is 6.29 Å². The fourth-order valence-electron chi connectivity index (χ4n) is 3.20. The van der Waals surface area contributed by atoms with Crippen LogP contribution in [0, 0.1) is 6.92 Å². The molecule has 1 aliphatic heterocycles. The van der Waals surface area contributed by atoms with Gasteiger partial charge in [-0.05, 0) is 26.0 Å². The van der Waals surface area contributed by atoms with E-state index >= 15 is 0 Å². The molecule has 29 heavy (non-hydrogen) atoms. The van der Waals surface area contributed by atoms with Crippen LogP contribution in [0.3, 0.4) is 0 Å². The van der Waals surface area contributed by atoms with Gasteiger partial charge >= 0.3 is 0 Å². The highest BCUT2D eigenvalue weighted by Gasteiger charge is 2.27. The Hall–Kier alpha value is -3.27. The maximum Gasteiger partial charge on any atom is 0.257 e. The number of carbonyl (C=O) groups is 2. The number of ether oxygens (including phenoxy) is 3. The van der Waals surface area contributed by atoms with Crippen molar-refractivity contribution >= 4 is 17.6 Å². The number of hydrogen-bond acceptors (Lipinski definition) is 7. The Balaban J connectivity index is 1.89. The van der Waals surface area contributed by atoms with Crippen LogP contribution in [-0.4, -0.2) is 49.0 Å². The van der Waals surface area contributed by atoms with E-state index in [1.54, 1.807) is 29.8 Å². The van der Waals surface area contributed by atoms with Gasteiger partial charge in [0.1, 0.15) is 5.82 Å². The predicted octanol–water partition coefficient (Wildman–Crippen LogP) is 1.42. The summed E-state index contributed by atoms with van der Waals surface area (Å²) in [7, 11) is 4.46. The molecule has 0 radical (unpaired) electrons. The number of aryl methyl sites for hydroxylation is 1. The van der Waals surface area contributed by atoms with E-state index in [4.69, 9.17) is 14.2 Å². The van der Waals surface area contributed by atoms with Gasteiger partial charge in [-0.1, -0.05) is 0 Å². The van der Waals surface area contributed by atoms with Crippen LogP contribution in [0.1, 0.15) is 35.7 Å². The quantitative estimate of drug-likeness (QED) is 0.668. The third kappa shape index (κ3) is 4.27. The maximum absolute atomic E-state index is 12.9. The van der Waals surface area contributed by atoms with Gasteiger partial charge in [-0.3, -0.25) is 14.9 Å². The summed E-state index contributed by atoms with van der Waals surface area (Å²) < 4.78 is 17.4. The predicted molar refractivity (Wildman–Crippen MR) is 105 cm³/mol. The summed E-state index contributed by atoms with van der Waals surface area (Å²) in [5.41, 5.74) is 1.01. The molecule has 1 saturated heterocycles. The van der Waals surface area contributed by atoms with Crippen molar-refractivity contribution in [1.82, 2.24) is 20.4 Å². The second-order valence-electron chi connectivity index (χ2n) is 6.73. The topological polar surface area (TPSA) is 116 Å². The van der Waals surface area contributed by atoms with Crippen LogP contribution in [0.2, 0.25) is 0 Å². The van der Waals surface area contributed by atoms with E-state index in [1.807, 2.05) is 6.92 Å². The van der Waals surface area contributed by atoms with Gasteiger partial charge < -0.3 is 24.8 Å². The van der Waals surface area contributed by atoms with Gasteiger partial charge in [0.25, 0.3) is 5.91 Å². The highest BCUT2D eigenvalue weighted by Crippen LogP contribution is 2.38. The molecule has 0 spiro atoms. The van der Waals surface area contributed by atoms with Crippen LogP contribution in [0.25, 0.3) is 0 Å². The summed E-state index contributed by atoms with van der Waals surface area (Å²) >= 11 is 0. The van der Waals surface area contributed by atoms with E-state index in [9.17, 15) is 9.59 Å². The third-order valence-electron chi connectivity index (χ3n) is 4.50. The number of methoxy groups -OCH3 is 3. The zero-order chi connectivity index (χ0) is 21.1. The highest BCUT2D eigenvalue weighted by atomic mass is 16.5. The molecule has 3 rings (SSSR count). The molecule has 1 aromatic heterocycles. The highest BCUT2D eigenvalue weighted by molar-refractivity contribution is 6.04. The SMILES string of the molecule is COc1cc(C(=O)Nc2cc(C)nn2C2NC(=O)CC(C)N2)cc(OC)c1OC. The molecule has 156 valence electrons. The Morgan fingerprint density at radius 2 is 1.83 bits per heavy atom. The first-order chi connectivity index (χ1) is 13.9. The molecular formula is C19H25N5O5. The fourth-order valence-corrected chi connectivity index (χ4v) is 3.20. The van der Waals surface area contributed by atoms with Crippen molar-refractivity contribution in [3.8, 4) is 17.2 Å². The lowest BCUT2D eigenvalue weighted by Crippen LogP contribution is -2.52. The van der Waals surface area contributed by atoms with Gasteiger partial charge in [-0.25, -0.2) is 4.68 Å². The van der Waals surface area contributed by atoms with Crippen LogP contribution in [0.4, 0.5) is 5.82 Å². The summed E-state index contributed by atoms with van der Waals surface area (Å²) in [4.78, 5) is 24.8. The number of aromatic nitrogens is 2. The van der Waals surface area contributed by atoms with Crippen molar-refractivity contribution in [2.45, 2.75) is 32.6 Å². The number of anilines is 1. The molecule has 2 heterocycles. The van der Waals surface area contributed by atoms with Crippen LogP contribution in [0.15, 0.2) is 18.2 Å². The number of nitrogens with one attached hydrogen (secondary N) is 3. The number of hydrogen-bond donors (Lipinski definition) is 3. The summed E-state index contributed by atoms with van der Waals surface area (Å²) in [6.45, 7) is 3.72. The zero-order valence-electron chi connectivity index (χ0n) is 17.0. The lowest BCUT2D eigenvalue weighted by molar-refractivity contribution is -0.125. The van der Waals surface area contributed by atoms with E-state index in [-0.39, 0.29) is 17.9 Å². The molecule has 3 N–H and O–H groups in total. The molecule has 0 saturated carbocycles.